The van der Waals surface area contributed by atoms with Gasteiger partial charge in [0.05, 0.1) is 4.90 Å². The van der Waals surface area contributed by atoms with Crippen LogP contribution in [0.3, 0.4) is 0 Å². The summed E-state index contributed by atoms with van der Waals surface area (Å²) in [6, 6.07) is 13.8. The predicted molar refractivity (Wildman–Crippen MR) is 98.9 cm³/mol. The van der Waals surface area contributed by atoms with Crippen LogP contribution < -0.4 is 0 Å². The summed E-state index contributed by atoms with van der Waals surface area (Å²) in [4.78, 5) is 12.0. The number of hydrogen-bond acceptors (Lipinski definition) is 4. The van der Waals surface area contributed by atoms with Gasteiger partial charge in [-0.1, -0.05) is 42.0 Å². The Labute approximate surface area is 151 Å². The Kier molecular flexibility index (Phi) is 4.41. The molecule has 2 aromatic carbocycles. The van der Waals surface area contributed by atoms with E-state index < -0.39 is 15.8 Å². The Morgan fingerprint density at radius 3 is 2.04 bits per heavy atom. The molecule has 0 saturated heterocycles. The molecular formula is C19H18N2O4S. The van der Waals surface area contributed by atoms with Crippen LogP contribution in [0.25, 0.3) is 22.4 Å². The molecule has 1 aromatic heterocycles. The molecule has 0 aliphatic heterocycles. The van der Waals surface area contributed by atoms with Crippen molar-refractivity contribution in [2.24, 2.45) is 7.05 Å². The standard InChI is InChI=1S/C19H18N2O4S/c1-12-4-6-13(7-5-12)16-17(20-21(2)18(16)19(22)23)14-8-10-15(11-9-14)26(3,24)25/h4-11H,1-3H3,(H,22,23). The number of aromatic carboxylic acids is 1. The van der Waals surface area contributed by atoms with Crippen molar-refractivity contribution >= 4 is 15.8 Å². The summed E-state index contributed by atoms with van der Waals surface area (Å²) in [7, 11) is -1.73. The highest BCUT2D eigenvalue weighted by atomic mass is 32.2. The average molecular weight is 370 g/mol. The summed E-state index contributed by atoms with van der Waals surface area (Å²) in [6.07, 6.45) is 1.14. The highest BCUT2D eigenvalue weighted by molar-refractivity contribution is 7.90. The summed E-state index contributed by atoms with van der Waals surface area (Å²) in [6.45, 7) is 1.95. The maximum atomic E-state index is 11.8. The van der Waals surface area contributed by atoms with Gasteiger partial charge in [0.15, 0.2) is 15.5 Å². The number of aryl methyl sites for hydroxylation is 2. The lowest BCUT2D eigenvalue weighted by atomic mass is 9.98. The van der Waals surface area contributed by atoms with Gasteiger partial charge in [-0.15, -0.1) is 0 Å². The first-order valence-corrected chi connectivity index (χ1v) is 9.75. The molecule has 6 nitrogen and oxygen atoms in total. The highest BCUT2D eigenvalue weighted by Gasteiger charge is 2.24. The van der Waals surface area contributed by atoms with Crippen LogP contribution in [0.4, 0.5) is 0 Å². The fourth-order valence-corrected chi connectivity index (χ4v) is 3.46. The molecule has 0 amide bonds. The molecule has 3 aromatic rings. The average Bonchev–Trinajstić information content (AvgIpc) is 2.92. The second kappa shape index (κ2) is 6.42. The quantitative estimate of drug-likeness (QED) is 0.762. The molecule has 0 fully saturated rings. The normalized spacial score (nSPS) is 11.5. The fourth-order valence-electron chi connectivity index (χ4n) is 2.83. The number of rotatable bonds is 4. The van der Waals surface area contributed by atoms with Crippen LogP contribution in [0.5, 0.6) is 0 Å². The molecule has 0 bridgehead atoms. The van der Waals surface area contributed by atoms with E-state index in [2.05, 4.69) is 5.10 Å². The number of aromatic nitrogens is 2. The minimum absolute atomic E-state index is 0.0797. The molecule has 134 valence electrons. The van der Waals surface area contributed by atoms with Crippen LogP contribution >= 0.6 is 0 Å². The Morgan fingerprint density at radius 1 is 1.00 bits per heavy atom. The van der Waals surface area contributed by atoms with E-state index >= 15 is 0 Å². The summed E-state index contributed by atoms with van der Waals surface area (Å²) in [5.74, 6) is -1.07. The number of carboxylic acids is 1. The first-order chi connectivity index (χ1) is 12.2. The molecule has 3 rings (SSSR count). The Balaban J connectivity index is 2.23. The molecule has 0 atom stereocenters. The Bertz CT molecular complexity index is 1080. The third-order valence-corrected chi connectivity index (χ3v) is 5.27. The van der Waals surface area contributed by atoms with Gasteiger partial charge >= 0.3 is 5.97 Å². The zero-order chi connectivity index (χ0) is 19.1. The lowest BCUT2D eigenvalue weighted by Gasteiger charge is -2.06. The van der Waals surface area contributed by atoms with Crippen molar-refractivity contribution in [3.05, 3.63) is 59.8 Å². The molecule has 0 aliphatic carbocycles. The van der Waals surface area contributed by atoms with Gasteiger partial charge < -0.3 is 5.11 Å². The topological polar surface area (TPSA) is 89.3 Å². The lowest BCUT2D eigenvalue weighted by Crippen LogP contribution is -2.06. The van der Waals surface area contributed by atoms with E-state index in [4.69, 9.17) is 0 Å². The molecule has 7 heteroatoms. The number of sulfone groups is 1. The number of nitrogens with zero attached hydrogens (tertiary/aromatic N) is 2. The predicted octanol–water partition coefficient (Wildman–Crippen LogP) is 3.16. The van der Waals surface area contributed by atoms with Gasteiger partial charge in [0.2, 0.25) is 0 Å². The van der Waals surface area contributed by atoms with Gasteiger partial charge in [-0.05, 0) is 24.6 Å². The van der Waals surface area contributed by atoms with E-state index in [0.29, 0.717) is 16.8 Å². The van der Waals surface area contributed by atoms with E-state index in [-0.39, 0.29) is 10.6 Å². The molecule has 0 spiro atoms. The van der Waals surface area contributed by atoms with Crippen molar-refractivity contribution in [3.8, 4) is 22.4 Å². The van der Waals surface area contributed by atoms with Crippen LogP contribution in [-0.4, -0.2) is 35.5 Å². The van der Waals surface area contributed by atoms with E-state index in [0.717, 1.165) is 17.4 Å². The highest BCUT2D eigenvalue weighted by Crippen LogP contribution is 2.35. The summed E-state index contributed by atoms with van der Waals surface area (Å²) < 4.78 is 24.6. The summed E-state index contributed by atoms with van der Waals surface area (Å²) in [5.41, 5.74) is 3.53. The first kappa shape index (κ1) is 17.9. The first-order valence-electron chi connectivity index (χ1n) is 7.86. The maximum absolute atomic E-state index is 11.8. The van der Waals surface area contributed by atoms with Crippen LogP contribution in [-0.2, 0) is 16.9 Å². The van der Waals surface area contributed by atoms with E-state index in [9.17, 15) is 18.3 Å². The Morgan fingerprint density at radius 2 is 1.54 bits per heavy atom. The van der Waals surface area contributed by atoms with Gasteiger partial charge in [0, 0.05) is 24.4 Å². The van der Waals surface area contributed by atoms with E-state index in [1.807, 2.05) is 31.2 Å². The fraction of sp³-hybridized carbons (Fsp3) is 0.158. The second-order valence-corrected chi connectivity index (χ2v) is 8.18. The van der Waals surface area contributed by atoms with Crippen molar-refractivity contribution in [3.63, 3.8) is 0 Å². The third-order valence-electron chi connectivity index (χ3n) is 4.15. The third kappa shape index (κ3) is 3.25. The van der Waals surface area contributed by atoms with Crippen LogP contribution in [0.1, 0.15) is 16.1 Å². The van der Waals surface area contributed by atoms with Gasteiger partial charge in [0.1, 0.15) is 5.69 Å². The van der Waals surface area contributed by atoms with Crippen molar-refractivity contribution in [1.82, 2.24) is 9.78 Å². The van der Waals surface area contributed by atoms with E-state index in [1.54, 1.807) is 19.2 Å². The molecule has 0 radical (unpaired) electrons. The molecular weight excluding hydrogens is 352 g/mol. The van der Waals surface area contributed by atoms with Crippen LogP contribution in [0.2, 0.25) is 0 Å². The monoisotopic (exact) mass is 370 g/mol. The zero-order valence-electron chi connectivity index (χ0n) is 14.6. The van der Waals surface area contributed by atoms with Gasteiger partial charge in [0.25, 0.3) is 0 Å². The number of carbonyl (C=O) groups is 1. The molecule has 0 aliphatic rings. The maximum Gasteiger partial charge on any atom is 0.354 e. The number of hydrogen-bond donors (Lipinski definition) is 1. The Hall–Kier alpha value is -2.93. The van der Waals surface area contributed by atoms with Gasteiger partial charge in [-0.25, -0.2) is 13.2 Å². The summed E-state index contributed by atoms with van der Waals surface area (Å²) in [5, 5.41) is 14.0. The minimum Gasteiger partial charge on any atom is -0.477 e. The minimum atomic E-state index is -3.30. The summed E-state index contributed by atoms with van der Waals surface area (Å²) >= 11 is 0. The number of benzene rings is 2. The molecule has 0 unspecified atom stereocenters. The van der Waals surface area contributed by atoms with Gasteiger partial charge in [-0.3, -0.25) is 4.68 Å². The van der Waals surface area contributed by atoms with E-state index in [1.165, 1.54) is 16.8 Å². The molecule has 0 saturated carbocycles. The molecule has 1 heterocycles. The van der Waals surface area contributed by atoms with Gasteiger partial charge in [-0.2, -0.15) is 5.10 Å². The second-order valence-electron chi connectivity index (χ2n) is 6.16. The van der Waals surface area contributed by atoms with Crippen molar-refractivity contribution in [2.75, 3.05) is 6.26 Å². The number of carboxylic acid groups (broad SMARTS) is 1. The SMILES string of the molecule is Cc1ccc(-c2c(-c3ccc(S(C)(=O)=O)cc3)nn(C)c2C(=O)O)cc1. The van der Waals surface area contributed by atoms with Crippen LogP contribution in [0.15, 0.2) is 53.4 Å². The molecule has 26 heavy (non-hydrogen) atoms. The van der Waals surface area contributed by atoms with Crippen molar-refractivity contribution < 1.29 is 18.3 Å². The van der Waals surface area contributed by atoms with Crippen molar-refractivity contribution in [2.45, 2.75) is 11.8 Å². The van der Waals surface area contributed by atoms with Crippen molar-refractivity contribution in [1.29, 1.82) is 0 Å². The molecule has 1 N–H and O–H groups in total. The smallest absolute Gasteiger partial charge is 0.354 e. The largest absolute Gasteiger partial charge is 0.477 e. The zero-order valence-corrected chi connectivity index (χ0v) is 15.4. The van der Waals surface area contributed by atoms with Crippen LogP contribution in [0, 0.1) is 6.92 Å². The lowest BCUT2D eigenvalue weighted by molar-refractivity contribution is 0.0686.